The predicted molar refractivity (Wildman–Crippen MR) is 47.5 cm³/mol. The summed E-state index contributed by atoms with van der Waals surface area (Å²) in [5, 5.41) is -1.16. The number of carbonyl (C=O) groups is 1. The third kappa shape index (κ3) is 1.17. The normalized spacial score (nSPS) is 35.8. The number of alkyl halides is 1. The van der Waals surface area contributed by atoms with Crippen molar-refractivity contribution in [2.24, 2.45) is 0 Å². The summed E-state index contributed by atoms with van der Waals surface area (Å²) in [6.45, 7) is 0. The Morgan fingerprint density at radius 3 is 2.54 bits per heavy atom. The second kappa shape index (κ2) is 2.85. The average Bonchev–Trinajstić information content (AvgIpc) is 2.72. The predicted octanol–water partition coefficient (Wildman–Crippen LogP) is 1.83. The molecule has 2 aliphatic rings. The van der Waals surface area contributed by atoms with Crippen molar-refractivity contribution >= 4 is 17.6 Å². The van der Waals surface area contributed by atoms with E-state index in [4.69, 9.17) is 16.3 Å². The number of carbonyl (C=O) groups excluding carboxylic acids is 1. The lowest BCUT2D eigenvalue weighted by Crippen LogP contribution is -2.31. The summed E-state index contributed by atoms with van der Waals surface area (Å²) >= 11 is 6.03. The van der Waals surface area contributed by atoms with Crippen LogP contribution in [0, 0.1) is 0 Å². The molecule has 1 saturated heterocycles. The molecule has 0 aromatic carbocycles. The van der Waals surface area contributed by atoms with Crippen LogP contribution >= 0.6 is 11.6 Å². The number of rotatable bonds is 1. The highest BCUT2D eigenvalue weighted by atomic mass is 35.5. The van der Waals surface area contributed by atoms with E-state index in [0.717, 1.165) is 25.7 Å². The molecule has 1 aliphatic carbocycles. The van der Waals surface area contributed by atoms with Gasteiger partial charge in [-0.25, -0.2) is 4.79 Å². The summed E-state index contributed by atoms with van der Waals surface area (Å²) in [5.41, 5.74) is -0.403. The minimum atomic E-state index is -1.16. The number of epoxide rings is 1. The van der Waals surface area contributed by atoms with Crippen molar-refractivity contribution in [2.45, 2.75) is 42.8 Å². The van der Waals surface area contributed by atoms with Crippen LogP contribution in [0.25, 0.3) is 0 Å². The quantitative estimate of drug-likeness (QED) is 0.372. The van der Waals surface area contributed by atoms with Crippen LogP contribution in [0.4, 0.5) is 0 Å². The van der Waals surface area contributed by atoms with Gasteiger partial charge in [0.05, 0.1) is 7.11 Å². The van der Waals surface area contributed by atoms with Crippen molar-refractivity contribution in [1.82, 2.24) is 0 Å². The van der Waals surface area contributed by atoms with Gasteiger partial charge in [0.1, 0.15) is 5.60 Å². The first-order chi connectivity index (χ1) is 6.15. The van der Waals surface area contributed by atoms with E-state index in [1.807, 2.05) is 0 Å². The maximum Gasteiger partial charge on any atom is 0.357 e. The third-order valence-corrected chi connectivity index (χ3v) is 3.57. The molecule has 13 heavy (non-hydrogen) atoms. The summed E-state index contributed by atoms with van der Waals surface area (Å²) in [7, 11) is 1.34. The van der Waals surface area contributed by atoms with Gasteiger partial charge in [-0.2, -0.15) is 0 Å². The van der Waals surface area contributed by atoms with Crippen LogP contribution < -0.4 is 0 Å². The zero-order valence-corrected chi connectivity index (χ0v) is 8.39. The Morgan fingerprint density at radius 1 is 1.38 bits per heavy atom. The minimum Gasteiger partial charge on any atom is -0.466 e. The molecule has 2 rings (SSSR count). The zero-order chi connectivity index (χ0) is 9.53. The van der Waals surface area contributed by atoms with Crippen molar-refractivity contribution < 1.29 is 14.3 Å². The molecule has 1 spiro atoms. The molecule has 4 heteroatoms. The largest absolute Gasteiger partial charge is 0.466 e. The molecule has 1 aliphatic heterocycles. The van der Waals surface area contributed by atoms with Gasteiger partial charge in [0, 0.05) is 0 Å². The van der Waals surface area contributed by atoms with E-state index in [1.165, 1.54) is 13.5 Å². The second-order valence-electron chi connectivity index (χ2n) is 3.74. The molecular weight excluding hydrogens is 192 g/mol. The highest BCUT2D eigenvalue weighted by Gasteiger charge is 2.74. The van der Waals surface area contributed by atoms with Crippen LogP contribution in [-0.2, 0) is 14.3 Å². The first-order valence-corrected chi connectivity index (χ1v) is 5.00. The lowest BCUT2D eigenvalue weighted by Gasteiger charge is -2.19. The van der Waals surface area contributed by atoms with Gasteiger partial charge in [-0.15, -0.1) is 0 Å². The van der Waals surface area contributed by atoms with E-state index < -0.39 is 16.6 Å². The van der Waals surface area contributed by atoms with E-state index in [0.29, 0.717) is 0 Å². The summed E-state index contributed by atoms with van der Waals surface area (Å²) in [6, 6.07) is 0. The minimum absolute atomic E-state index is 0.403. The lowest BCUT2D eigenvalue weighted by atomic mass is 9.86. The fourth-order valence-electron chi connectivity index (χ4n) is 2.15. The first kappa shape index (κ1) is 9.28. The van der Waals surface area contributed by atoms with Crippen molar-refractivity contribution in [3.05, 3.63) is 0 Å². The molecule has 0 bridgehead atoms. The molecule has 1 heterocycles. The molecule has 74 valence electrons. The van der Waals surface area contributed by atoms with Gasteiger partial charge in [-0.05, 0) is 12.8 Å². The molecule has 1 atom stereocenters. The Kier molecular flexibility index (Phi) is 2.04. The number of halogens is 1. The van der Waals surface area contributed by atoms with Gasteiger partial charge in [0.15, 0.2) is 0 Å². The fourth-order valence-corrected chi connectivity index (χ4v) is 2.56. The molecule has 1 unspecified atom stereocenters. The SMILES string of the molecule is COC(=O)C1(Cl)OC12CCCCC2. The standard InChI is InChI=1S/C9H13ClO3/c1-12-7(11)9(10)8(13-9)5-3-2-4-6-8/h2-6H2,1H3. The van der Waals surface area contributed by atoms with Crippen LogP contribution in [0.2, 0.25) is 0 Å². The van der Waals surface area contributed by atoms with E-state index in [9.17, 15) is 4.79 Å². The Labute approximate surface area is 82.3 Å². The Bertz CT molecular complexity index is 235. The van der Waals surface area contributed by atoms with E-state index in [1.54, 1.807) is 0 Å². The molecule has 3 nitrogen and oxygen atoms in total. The maximum atomic E-state index is 11.3. The summed E-state index contributed by atoms with van der Waals surface area (Å²) in [6.07, 6.45) is 5.15. The monoisotopic (exact) mass is 204 g/mol. The van der Waals surface area contributed by atoms with Crippen molar-refractivity contribution in [3.8, 4) is 0 Å². The maximum absolute atomic E-state index is 11.3. The molecule has 0 amide bonds. The van der Waals surface area contributed by atoms with Gasteiger partial charge in [0.25, 0.3) is 5.06 Å². The summed E-state index contributed by atoms with van der Waals surface area (Å²) < 4.78 is 9.99. The number of hydrogen-bond acceptors (Lipinski definition) is 3. The van der Waals surface area contributed by atoms with E-state index in [2.05, 4.69) is 4.74 Å². The van der Waals surface area contributed by atoms with Crippen LogP contribution in [0.15, 0.2) is 0 Å². The van der Waals surface area contributed by atoms with Gasteiger partial charge in [0.2, 0.25) is 0 Å². The molecular formula is C9H13ClO3. The number of hydrogen-bond donors (Lipinski definition) is 0. The number of ether oxygens (including phenoxy) is 2. The van der Waals surface area contributed by atoms with Crippen LogP contribution in [0.5, 0.6) is 0 Å². The highest BCUT2D eigenvalue weighted by molar-refractivity contribution is 6.35. The van der Waals surface area contributed by atoms with Crippen molar-refractivity contribution in [3.63, 3.8) is 0 Å². The Hall–Kier alpha value is -0.280. The van der Waals surface area contributed by atoms with Crippen LogP contribution in [0.3, 0.4) is 0 Å². The Morgan fingerprint density at radius 2 is 2.00 bits per heavy atom. The third-order valence-electron chi connectivity index (χ3n) is 2.99. The van der Waals surface area contributed by atoms with Crippen molar-refractivity contribution in [2.75, 3.05) is 7.11 Å². The second-order valence-corrected chi connectivity index (χ2v) is 4.28. The van der Waals surface area contributed by atoms with Gasteiger partial charge < -0.3 is 9.47 Å². The van der Waals surface area contributed by atoms with E-state index >= 15 is 0 Å². The molecule has 0 aromatic rings. The van der Waals surface area contributed by atoms with Gasteiger partial charge >= 0.3 is 5.97 Å². The van der Waals surface area contributed by atoms with Crippen molar-refractivity contribution in [1.29, 1.82) is 0 Å². The fraction of sp³-hybridized carbons (Fsp3) is 0.889. The van der Waals surface area contributed by atoms with Crippen LogP contribution in [0.1, 0.15) is 32.1 Å². The number of esters is 1. The molecule has 0 N–H and O–H groups in total. The smallest absolute Gasteiger partial charge is 0.357 e. The highest BCUT2D eigenvalue weighted by Crippen LogP contribution is 2.59. The topological polar surface area (TPSA) is 38.8 Å². The van der Waals surface area contributed by atoms with Crippen LogP contribution in [-0.4, -0.2) is 23.7 Å². The molecule has 2 fully saturated rings. The molecule has 1 saturated carbocycles. The molecule has 0 aromatic heterocycles. The molecule has 0 radical (unpaired) electrons. The van der Waals surface area contributed by atoms with E-state index in [-0.39, 0.29) is 0 Å². The van der Waals surface area contributed by atoms with Gasteiger partial charge in [-0.1, -0.05) is 30.9 Å². The zero-order valence-electron chi connectivity index (χ0n) is 7.64. The Balaban J connectivity index is 2.09. The average molecular weight is 205 g/mol. The summed E-state index contributed by atoms with van der Waals surface area (Å²) in [4.78, 5) is 11.3. The lowest BCUT2D eigenvalue weighted by molar-refractivity contribution is -0.143. The first-order valence-electron chi connectivity index (χ1n) is 4.62. The van der Waals surface area contributed by atoms with Gasteiger partial charge in [-0.3, -0.25) is 0 Å². The summed E-state index contributed by atoms with van der Waals surface area (Å²) in [5.74, 6) is -0.448. The number of methoxy groups -OCH3 is 1.